The molecule has 90 valence electrons. The number of aromatic nitrogens is 3. The number of nitrogens with zero attached hydrogens (tertiary/aromatic N) is 5. The van der Waals surface area contributed by atoms with E-state index in [4.69, 9.17) is 5.73 Å². The lowest BCUT2D eigenvalue weighted by Crippen LogP contribution is -2.15. The molecule has 2 N–H and O–H groups in total. The topological polar surface area (TPSA) is 89.4 Å². The van der Waals surface area contributed by atoms with Crippen LogP contribution in [0.1, 0.15) is 18.2 Å². The van der Waals surface area contributed by atoms with Gasteiger partial charge in [0, 0.05) is 30.4 Å². The normalized spacial score (nSPS) is 12.5. The van der Waals surface area contributed by atoms with Crippen LogP contribution in [-0.4, -0.2) is 26.5 Å². The summed E-state index contributed by atoms with van der Waals surface area (Å²) < 4.78 is 0. The third-order valence-electron chi connectivity index (χ3n) is 2.21. The summed E-state index contributed by atoms with van der Waals surface area (Å²) in [6, 6.07) is 3.74. The summed E-state index contributed by atoms with van der Waals surface area (Å²) in [6.45, 7) is 1.84. The van der Waals surface area contributed by atoms with E-state index >= 15 is 0 Å². The van der Waals surface area contributed by atoms with Gasteiger partial charge in [0.25, 0.3) is 0 Å². The van der Waals surface area contributed by atoms with E-state index in [0.29, 0.717) is 5.69 Å². The number of amidine groups is 1. The molecule has 0 saturated heterocycles. The number of hydrogen-bond acceptors (Lipinski definition) is 5. The van der Waals surface area contributed by atoms with Gasteiger partial charge >= 0.3 is 0 Å². The maximum absolute atomic E-state index is 5.75. The van der Waals surface area contributed by atoms with E-state index in [1.807, 2.05) is 19.1 Å². The highest BCUT2D eigenvalue weighted by molar-refractivity contribution is 6.00. The second-order valence-corrected chi connectivity index (χ2v) is 3.50. The van der Waals surface area contributed by atoms with Crippen LogP contribution in [0.25, 0.3) is 0 Å². The van der Waals surface area contributed by atoms with Crippen LogP contribution in [0.5, 0.6) is 0 Å². The summed E-state index contributed by atoms with van der Waals surface area (Å²) >= 11 is 0. The Balaban J connectivity index is 2.20. The van der Waals surface area contributed by atoms with Crippen molar-refractivity contribution < 1.29 is 0 Å². The Morgan fingerprint density at radius 3 is 2.61 bits per heavy atom. The SMILES string of the molecule is C/C(=N\N=C(/N)c1cnccn1)c1cccnc1. The Kier molecular flexibility index (Phi) is 3.70. The third kappa shape index (κ3) is 2.94. The highest BCUT2D eigenvalue weighted by Gasteiger charge is 1.99. The molecule has 0 spiro atoms. The van der Waals surface area contributed by atoms with E-state index in [1.165, 1.54) is 6.20 Å². The monoisotopic (exact) mass is 240 g/mol. The number of nitrogens with two attached hydrogens (primary N) is 1. The Bertz CT molecular complexity index is 508. The van der Waals surface area contributed by atoms with E-state index in [9.17, 15) is 0 Å². The standard InChI is InChI=1S/C12H12N6/c1-9(10-3-2-4-14-7-10)17-18-12(13)11-8-15-5-6-16-11/h2-8H,1H3,(H2,13,18)/b17-9+. The van der Waals surface area contributed by atoms with Crippen LogP contribution in [-0.2, 0) is 0 Å². The minimum atomic E-state index is 0.228. The lowest BCUT2D eigenvalue weighted by molar-refractivity contribution is 1.14. The van der Waals surface area contributed by atoms with Gasteiger partial charge in [-0.05, 0) is 13.0 Å². The Morgan fingerprint density at radius 1 is 1.11 bits per heavy atom. The van der Waals surface area contributed by atoms with Gasteiger partial charge in [-0.2, -0.15) is 5.10 Å². The number of rotatable bonds is 3. The first-order valence-electron chi connectivity index (χ1n) is 5.32. The summed E-state index contributed by atoms with van der Waals surface area (Å²) in [6.07, 6.45) is 8.07. The molecular weight excluding hydrogens is 228 g/mol. The van der Waals surface area contributed by atoms with Crippen molar-refractivity contribution in [2.24, 2.45) is 15.9 Å². The Labute approximate surface area is 104 Å². The van der Waals surface area contributed by atoms with Crippen LogP contribution in [0.2, 0.25) is 0 Å². The van der Waals surface area contributed by atoms with Gasteiger partial charge in [-0.3, -0.25) is 9.97 Å². The molecule has 0 fully saturated rings. The quantitative estimate of drug-likeness (QED) is 0.492. The van der Waals surface area contributed by atoms with Gasteiger partial charge in [0.15, 0.2) is 5.84 Å². The molecule has 2 rings (SSSR count). The molecule has 2 heterocycles. The fraction of sp³-hybridized carbons (Fsp3) is 0.0833. The second-order valence-electron chi connectivity index (χ2n) is 3.50. The molecule has 0 aromatic carbocycles. The molecule has 2 aromatic heterocycles. The lowest BCUT2D eigenvalue weighted by atomic mass is 10.2. The van der Waals surface area contributed by atoms with Gasteiger partial charge in [0.1, 0.15) is 5.69 Å². The minimum absolute atomic E-state index is 0.228. The summed E-state index contributed by atoms with van der Waals surface area (Å²) in [5.74, 6) is 0.228. The average molecular weight is 240 g/mol. The third-order valence-corrected chi connectivity index (χ3v) is 2.21. The zero-order valence-corrected chi connectivity index (χ0v) is 9.85. The highest BCUT2D eigenvalue weighted by Crippen LogP contribution is 1.99. The molecule has 6 nitrogen and oxygen atoms in total. The average Bonchev–Trinajstić information content (AvgIpc) is 2.46. The molecule has 2 aromatic rings. The predicted octanol–water partition coefficient (Wildman–Crippen LogP) is 1.00. The van der Waals surface area contributed by atoms with Crippen molar-refractivity contribution in [3.8, 4) is 0 Å². The maximum Gasteiger partial charge on any atom is 0.173 e. The summed E-state index contributed by atoms with van der Waals surface area (Å²) in [5, 5.41) is 7.97. The van der Waals surface area contributed by atoms with Crippen LogP contribution < -0.4 is 5.73 Å². The second kappa shape index (κ2) is 5.62. The van der Waals surface area contributed by atoms with E-state index < -0.39 is 0 Å². The molecule has 0 atom stereocenters. The molecular formula is C12H12N6. The fourth-order valence-corrected chi connectivity index (χ4v) is 1.25. The van der Waals surface area contributed by atoms with Crippen LogP contribution in [0.4, 0.5) is 0 Å². The summed E-state index contributed by atoms with van der Waals surface area (Å²) in [7, 11) is 0. The van der Waals surface area contributed by atoms with Crippen molar-refractivity contribution >= 4 is 11.5 Å². The number of pyridine rings is 1. The first-order valence-corrected chi connectivity index (χ1v) is 5.32. The predicted molar refractivity (Wildman–Crippen MR) is 69.2 cm³/mol. The summed E-state index contributed by atoms with van der Waals surface area (Å²) in [5.41, 5.74) is 7.87. The molecule has 6 heteroatoms. The molecule has 0 amide bonds. The van der Waals surface area contributed by atoms with E-state index in [1.54, 1.807) is 24.8 Å². The van der Waals surface area contributed by atoms with E-state index in [2.05, 4.69) is 25.2 Å². The van der Waals surface area contributed by atoms with Crippen molar-refractivity contribution in [2.45, 2.75) is 6.92 Å². The maximum atomic E-state index is 5.75. The van der Waals surface area contributed by atoms with E-state index in [0.717, 1.165) is 11.3 Å². The van der Waals surface area contributed by atoms with Gasteiger partial charge in [-0.15, -0.1) is 5.10 Å². The zero-order valence-electron chi connectivity index (χ0n) is 9.85. The van der Waals surface area contributed by atoms with Gasteiger partial charge in [-0.1, -0.05) is 6.07 Å². The summed E-state index contributed by atoms with van der Waals surface area (Å²) in [4.78, 5) is 11.9. The first kappa shape index (κ1) is 11.8. The van der Waals surface area contributed by atoms with Gasteiger partial charge in [0.05, 0.1) is 11.9 Å². The highest BCUT2D eigenvalue weighted by atomic mass is 15.2. The van der Waals surface area contributed by atoms with Crippen LogP contribution in [0, 0.1) is 0 Å². The molecule has 0 bridgehead atoms. The van der Waals surface area contributed by atoms with Crippen LogP contribution in [0.3, 0.4) is 0 Å². The van der Waals surface area contributed by atoms with Gasteiger partial charge in [-0.25, -0.2) is 4.98 Å². The molecule has 0 aliphatic heterocycles. The first-order chi connectivity index (χ1) is 8.77. The fourth-order valence-electron chi connectivity index (χ4n) is 1.25. The van der Waals surface area contributed by atoms with E-state index in [-0.39, 0.29) is 5.84 Å². The van der Waals surface area contributed by atoms with Crippen molar-refractivity contribution in [2.75, 3.05) is 0 Å². The number of hydrogen-bond donors (Lipinski definition) is 1. The van der Waals surface area contributed by atoms with Crippen LogP contribution >= 0.6 is 0 Å². The molecule has 0 unspecified atom stereocenters. The van der Waals surface area contributed by atoms with Crippen molar-refractivity contribution in [1.29, 1.82) is 0 Å². The largest absolute Gasteiger partial charge is 0.380 e. The zero-order chi connectivity index (χ0) is 12.8. The molecule has 0 aliphatic carbocycles. The Morgan fingerprint density at radius 2 is 1.94 bits per heavy atom. The molecule has 0 aliphatic rings. The van der Waals surface area contributed by atoms with Crippen molar-refractivity contribution in [3.05, 3.63) is 54.4 Å². The van der Waals surface area contributed by atoms with Crippen molar-refractivity contribution in [3.63, 3.8) is 0 Å². The van der Waals surface area contributed by atoms with Gasteiger partial charge < -0.3 is 5.73 Å². The van der Waals surface area contributed by atoms with Crippen LogP contribution in [0.15, 0.2) is 53.3 Å². The molecule has 0 radical (unpaired) electrons. The molecule has 0 saturated carbocycles. The van der Waals surface area contributed by atoms with Gasteiger partial charge in [0.2, 0.25) is 0 Å². The lowest BCUT2D eigenvalue weighted by Gasteiger charge is -1.98. The van der Waals surface area contributed by atoms with Crippen molar-refractivity contribution in [1.82, 2.24) is 15.0 Å². The Hall–Kier alpha value is -2.63. The smallest absolute Gasteiger partial charge is 0.173 e. The molecule has 18 heavy (non-hydrogen) atoms. The minimum Gasteiger partial charge on any atom is -0.380 e.